The zero-order chi connectivity index (χ0) is 11.0. The predicted octanol–water partition coefficient (Wildman–Crippen LogP) is 3.67. The molecule has 2 aliphatic carbocycles. The highest BCUT2D eigenvalue weighted by Crippen LogP contribution is 2.33. The summed E-state index contributed by atoms with van der Waals surface area (Å²) < 4.78 is 0. The molecular weight excluding hydrogens is 220 g/mol. The first kappa shape index (κ1) is 10.5. The third kappa shape index (κ3) is 1.84. The standard InChI is InChI=1S/C13H17ClN2/c14-12-10-7-4-8-11(10)15-13(16-12)9-5-2-1-3-6-9/h9H,1-8H2. The van der Waals surface area contributed by atoms with Gasteiger partial charge in [0.2, 0.25) is 0 Å². The minimum atomic E-state index is 0.567. The minimum absolute atomic E-state index is 0.567. The Balaban J connectivity index is 1.92. The smallest absolute Gasteiger partial charge is 0.136 e. The summed E-state index contributed by atoms with van der Waals surface area (Å²) in [5.74, 6) is 1.59. The van der Waals surface area contributed by atoms with Gasteiger partial charge in [0.05, 0.1) is 0 Å². The molecule has 3 heteroatoms. The Morgan fingerprint density at radius 1 is 0.938 bits per heavy atom. The van der Waals surface area contributed by atoms with Gasteiger partial charge in [0.1, 0.15) is 11.0 Å². The van der Waals surface area contributed by atoms with E-state index < -0.39 is 0 Å². The van der Waals surface area contributed by atoms with E-state index in [0.717, 1.165) is 23.8 Å². The van der Waals surface area contributed by atoms with Gasteiger partial charge in [-0.3, -0.25) is 0 Å². The summed E-state index contributed by atoms with van der Waals surface area (Å²) in [5, 5.41) is 0.725. The summed E-state index contributed by atoms with van der Waals surface area (Å²) in [6.07, 6.45) is 9.86. The molecule has 16 heavy (non-hydrogen) atoms. The fourth-order valence-electron chi connectivity index (χ4n) is 2.95. The zero-order valence-electron chi connectivity index (χ0n) is 9.51. The second-order valence-electron chi connectivity index (χ2n) is 4.99. The summed E-state index contributed by atoms with van der Waals surface area (Å²) in [4.78, 5) is 9.27. The van der Waals surface area contributed by atoms with Gasteiger partial charge >= 0.3 is 0 Å². The number of aryl methyl sites for hydroxylation is 1. The highest BCUT2D eigenvalue weighted by Gasteiger charge is 2.23. The second kappa shape index (κ2) is 4.33. The van der Waals surface area contributed by atoms with E-state index in [1.807, 2.05) is 0 Å². The van der Waals surface area contributed by atoms with E-state index in [1.165, 1.54) is 49.8 Å². The number of hydrogen-bond donors (Lipinski definition) is 0. The summed E-state index contributed by atoms with van der Waals surface area (Å²) in [6.45, 7) is 0. The lowest BCUT2D eigenvalue weighted by Crippen LogP contribution is -2.10. The molecule has 3 rings (SSSR count). The van der Waals surface area contributed by atoms with Crippen molar-refractivity contribution in [2.75, 3.05) is 0 Å². The van der Waals surface area contributed by atoms with Crippen LogP contribution in [0.4, 0.5) is 0 Å². The van der Waals surface area contributed by atoms with E-state index in [2.05, 4.69) is 4.98 Å². The molecule has 0 unspecified atom stereocenters. The maximum absolute atomic E-state index is 6.24. The van der Waals surface area contributed by atoms with Crippen LogP contribution < -0.4 is 0 Å². The van der Waals surface area contributed by atoms with Gasteiger partial charge in [-0.1, -0.05) is 30.9 Å². The summed E-state index contributed by atoms with van der Waals surface area (Å²) in [6, 6.07) is 0. The van der Waals surface area contributed by atoms with E-state index in [9.17, 15) is 0 Å². The number of aromatic nitrogens is 2. The number of rotatable bonds is 1. The maximum atomic E-state index is 6.24. The first-order valence-electron chi connectivity index (χ1n) is 6.40. The molecule has 0 atom stereocenters. The van der Waals surface area contributed by atoms with Crippen LogP contribution in [-0.2, 0) is 12.8 Å². The highest BCUT2D eigenvalue weighted by molar-refractivity contribution is 6.30. The van der Waals surface area contributed by atoms with Crippen LogP contribution in [0.1, 0.15) is 61.5 Å². The van der Waals surface area contributed by atoms with E-state index in [-0.39, 0.29) is 0 Å². The fourth-order valence-corrected chi connectivity index (χ4v) is 3.24. The highest BCUT2D eigenvalue weighted by atomic mass is 35.5. The first-order chi connectivity index (χ1) is 7.84. The van der Waals surface area contributed by atoms with Gasteiger partial charge in [0.25, 0.3) is 0 Å². The van der Waals surface area contributed by atoms with Gasteiger partial charge in [-0.15, -0.1) is 0 Å². The van der Waals surface area contributed by atoms with Crippen molar-refractivity contribution in [3.05, 3.63) is 22.2 Å². The number of fused-ring (bicyclic) bond motifs is 1. The van der Waals surface area contributed by atoms with E-state index in [1.54, 1.807) is 0 Å². The monoisotopic (exact) mass is 236 g/mol. The number of nitrogens with zero attached hydrogens (tertiary/aromatic N) is 2. The van der Waals surface area contributed by atoms with E-state index in [0.29, 0.717) is 5.92 Å². The van der Waals surface area contributed by atoms with Crippen LogP contribution in [-0.4, -0.2) is 9.97 Å². The zero-order valence-corrected chi connectivity index (χ0v) is 10.3. The molecule has 0 N–H and O–H groups in total. The Bertz CT molecular complexity index is 397. The first-order valence-corrected chi connectivity index (χ1v) is 6.77. The van der Waals surface area contributed by atoms with E-state index in [4.69, 9.17) is 16.6 Å². The van der Waals surface area contributed by atoms with Gasteiger partial charge in [-0.05, 0) is 32.1 Å². The molecule has 2 aliphatic rings. The molecule has 1 aromatic heterocycles. The molecule has 0 radical (unpaired) electrons. The summed E-state index contributed by atoms with van der Waals surface area (Å²) >= 11 is 6.24. The number of hydrogen-bond acceptors (Lipinski definition) is 2. The minimum Gasteiger partial charge on any atom is -0.237 e. The molecule has 1 fully saturated rings. The molecule has 0 aliphatic heterocycles. The van der Waals surface area contributed by atoms with E-state index >= 15 is 0 Å². The van der Waals surface area contributed by atoms with Gasteiger partial charge in [0, 0.05) is 17.2 Å². The predicted molar refractivity (Wildman–Crippen MR) is 64.9 cm³/mol. The average Bonchev–Trinajstić information content (AvgIpc) is 2.79. The Labute approximate surface area is 101 Å². The molecule has 0 bridgehead atoms. The summed E-state index contributed by atoms with van der Waals surface area (Å²) in [5.41, 5.74) is 2.43. The normalized spacial score (nSPS) is 21.1. The van der Waals surface area contributed by atoms with Crippen LogP contribution in [0.5, 0.6) is 0 Å². The van der Waals surface area contributed by atoms with Crippen LogP contribution in [0.3, 0.4) is 0 Å². The van der Waals surface area contributed by atoms with Crippen molar-refractivity contribution in [1.29, 1.82) is 0 Å². The van der Waals surface area contributed by atoms with Crippen molar-refractivity contribution in [2.45, 2.75) is 57.3 Å². The molecule has 0 aromatic carbocycles. The molecule has 2 nitrogen and oxygen atoms in total. The molecule has 0 amide bonds. The van der Waals surface area contributed by atoms with Crippen molar-refractivity contribution in [3.8, 4) is 0 Å². The Morgan fingerprint density at radius 3 is 2.56 bits per heavy atom. The van der Waals surface area contributed by atoms with Gasteiger partial charge in [0.15, 0.2) is 0 Å². The third-order valence-corrected chi connectivity index (χ3v) is 4.18. The lowest BCUT2D eigenvalue weighted by atomic mass is 9.88. The summed E-state index contributed by atoms with van der Waals surface area (Å²) in [7, 11) is 0. The van der Waals surface area contributed by atoms with Crippen LogP contribution in [0, 0.1) is 0 Å². The van der Waals surface area contributed by atoms with Crippen molar-refractivity contribution in [1.82, 2.24) is 9.97 Å². The molecular formula is C13H17ClN2. The van der Waals surface area contributed by atoms with Gasteiger partial charge in [-0.25, -0.2) is 9.97 Å². The lowest BCUT2D eigenvalue weighted by molar-refractivity contribution is 0.427. The Kier molecular flexibility index (Phi) is 2.84. The quantitative estimate of drug-likeness (QED) is 0.696. The Morgan fingerprint density at radius 2 is 1.75 bits per heavy atom. The van der Waals surface area contributed by atoms with Gasteiger partial charge < -0.3 is 0 Å². The Hall–Kier alpha value is -0.630. The molecule has 1 aromatic rings. The van der Waals surface area contributed by atoms with Crippen LogP contribution in [0.25, 0.3) is 0 Å². The molecule has 1 heterocycles. The molecule has 0 saturated heterocycles. The lowest BCUT2D eigenvalue weighted by Gasteiger charge is -2.20. The fraction of sp³-hybridized carbons (Fsp3) is 0.692. The molecule has 0 spiro atoms. The SMILES string of the molecule is Clc1nc(C2CCCCC2)nc2c1CCC2. The molecule has 1 saturated carbocycles. The van der Waals surface area contributed by atoms with Crippen molar-refractivity contribution in [2.24, 2.45) is 0 Å². The topological polar surface area (TPSA) is 25.8 Å². The van der Waals surface area contributed by atoms with Crippen molar-refractivity contribution in [3.63, 3.8) is 0 Å². The van der Waals surface area contributed by atoms with Crippen LogP contribution in [0.15, 0.2) is 0 Å². The average molecular weight is 237 g/mol. The van der Waals surface area contributed by atoms with Crippen molar-refractivity contribution < 1.29 is 0 Å². The van der Waals surface area contributed by atoms with Crippen LogP contribution in [0.2, 0.25) is 5.15 Å². The number of halogens is 1. The third-order valence-electron chi connectivity index (χ3n) is 3.87. The largest absolute Gasteiger partial charge is 0.237 e. The van der Waals surface area contributed by atoms with Crippen LogP contribution >= 0.6 is 11.6 Å². The second-order valence-corrected chi connectivity index (χ2v) is 5.34. The van der Waals surface area contributed by atoms with Gasteiger partial charge in [-0.2, -0.15) is 0 Å². The maximum Gasteiger partial charge on any atom is 0.136 e. The van der Waals surface area contributed by atoms with Crippen molar-refractivity contribution >= 4 is 11.6 Å². The molecule has 86 valence electrons.